The number of carbonyl (C=O) groups is 2. The van der Waals surface area contributed by atoms with E-state index in [0.717, 1.165) is 5.39 Å². The summed E-state index contributed by atoms with van der Waals surface area (Å²) in [5.74, 6) is -1.25. The summed E-state index contributed by atoms with van der Waals surface area (Å²) in [6.45, 7) is -0.410. The maximum atomic E-state index is 12.1. The molecule has 0 aromatic heterocycles. The van der Waals surface area contributed by atoms with Gasteiger partial charge in [0, 0.05) is 16.0 Å². The summed E-state index contributed by atoms with van der Waals surface area (Å²) in [6, 6.07) is 16.6. The zero-order chi connectivity index (χ0) is 17.1. The largest absolute Gasteiger partial charge is 0.506 e. The highest BCUT2D eigenvalue weighted by Crippen LogP contribution is 2.29. The van der Waals surface area contributed by atoms with Gasteiger partial charge in [0.15, 0.2) is 12.4 Å². The molecule has 4 nitrogen and oxygen atoms in total. The van der Waals surface area contributed by atoms with Crippen molar-refractivity contribution in [2.45, 2.75) is 0 Å². The number of phenols is 1. The van der Waals surface area contributed by atoms with E-state index in [0.29, 0.717) is 16.0 Å². The van der Waals surface area contributed by atoms with Gasteiger partial charge < -0.3 is 9.84 Å². The predicted octanol–water partition coefficient (Wildman–Crippen LogP) is 4.24. The van der Waals surface area contributed by atoms with Crippen LogP contribution in [0.25, 0.3) is 10.8 Å². The summed E-state index contributed by atoms with van der Waals surface area (Å²) in [5.41, 5.74) is 0.424. The molecule has 3 aromatic rings. The lowest BCUT2D eigenvalue weighted by molar-refractivity contribution is 0.0472. The Morgan fingerprint density at radius 3 is 2.42 bits per heavy atom. The molecule has 0 bridgehead atoms. The van der Waals surface area contributed by atoms with Crippen molar-refractivity contribution < 1.29 is 19.4 Å². The Morgan fingerprint density at radius 1 is 0.958 bits per heavy atom. The third-order valence-corrected chi connectivity index (χ3v) is 3.87. The van der Waals surface area contributed by atoms with Crippen LogP contribution in [0, 0.1) is 0 Å². The Bertz CT molecular complexity index is 916. The Hall–Kier alpha value is -2.85. The van der Waals surface area contributed by atoms with E-state index in [9.17, 15) is 14.7 Å². The van der Waals surface area contributed by atoms with Gasteiger partial charge in [0.2, 0.25) is 0 Å². The minimum absolute atomic E-state index is 0.0256. The van der Waals surface area contributed by atoms with E-state index in [2.05, 4.69) is 0 Å². The minimum Gasteiger partial charge on any atom is -0.506 e. The zero-order valence-electron chi connectivity index (χ0n) is 12.5. The predicted molar refractivity (Wildman–Crippen MR) is 91.7 cm³/mol. The Labute approximate surface area is 143 Å². The van der Waals surface area contributed by atoms with Gasteiger partial charge in [-0.25, -0.2) is 4.79 Å². The van der Waals surface area contributed by atoms with Crippen molar-refractivity contribution in [2.24, 2.45) is 0 Å². The molecule has 0 amide bonds. The van der Waals surface area contributed by atoms with Gasteiger partial charge in [-0.05, 0) is 35.7 Å². The van der Waals surface area contributed by atoms with Crippen LogP contribution in [0.1, 0.15) is 20.7 Å². The highest BCUT2D eigenvalue weighted by molar-refractivity contribution is 6.30. The van der Waals surface area contributed by atoms with Crippen molar-refractivity contribution in [3.63, 3.8) is 0 Å². The number of halogens is 1. The maximum Gasteiger partial charge on any atom is 0.342 e. The van der Waals surface area contributed by atoms with Gasteiger partial charge >= 0.3 is 5.97 Å². The first-order valence-electron chi connectivity index (χ1n) is 7.23. The second-order valence-corrected chi connectivity index (χ2v) is 5.63. The standard InChI is InChI=1S/C19H13ClO4/c20-14-8-5-13(6-9-14)17(21)11-24-19(23)16-10-7-12-3-1-2-4-15(12)18(16)22/h1-10,22H,11H2. The quantitative estimate of drug-likeness (QED) is 0.570. The molecule has 0 atom stereocenters. The van der Waals surface area contributed by atoms with Crippen molar-refractivity contribution >= 4 is 34.1 Å². The van der Waals surface area contributed by atoms with Crippen LogP contribution in [0.4, 0.5) is 0 Å². The lowest BCUT2D eigenvalue weighted by Crippen LogP contribution is -2.14. The number of hydrogen-bond acceptors (Lipinski definition) is 4. The van der Waals surface area contributed by atoms with Crippen LogP contribution in [0.3, 0.4) is 0 Å². The summed E-state index contributed by atoms with van der Waals surface area (Å²) in [6.07, 6.45) is 0. The average molecular weight is 341 g/mol. The van der Waals surface area contributed by atoms with Gasteiger partial charge in [-0.2, -0.15) is 0 Å². The van der Waals surface area contributed by atoms with E-state index in [4.69, 9.17) is 16.3 Å². The van der Waals surface area contributed by atoms with E-state index in [1.807, 2.05) is 12.1 Å². The molecule has 3 aromatic carbocycles. The molecule has 0 unspecified atom stereocenters. The van der Waals surface area contributed by atoms with Crippen LogP contribution in [0.2, 0.25) is 5.02 Å². The fourth-order valence-corrected chi connectivity index (χ4v) is 2.47. The smallest absolute Gasteiger partial charge is 0.342 e. The molecule has 0 fully saturated rings. The molecule has 120 valence electrons. The number of fused-ring (bicyclic) bond motifs is 1. The van der Waals surface area contributed by atoms with Gasteiger partial charge in [-0.3, -0.25) is 4.79 Å². The molecule has 5 heteroatoms. The van der Waals surface area contributed by atoms with Crippen molar-refractivity contribution in [1.82, 2.24) is 0 Å². The van der Waals surface area contributed by atoms with Crippen LogP contribution in [0.15, 0.2) is 60.7 Å². The zero-order valence-corrected chi connectivity index (χ0v) is 13.3. The lowest BCUT2D eigenvalue weighted by Gasteiger charge is -2.08. The van der Waals surface area contributed by atoms with Gasteiger partial charge in [0.05, 0.1) is 0 Å². The number of Topliss-reactive ketones (excluding diaryl/α,β-unsaturated/α-hetero) is 1. The van der Waals surface area contributed by atoms with Crippen molar-refractivity contribution in [2.75, 3.05) is 6.61 Å². The van der Waals surface area contributed by atoms with E-state index in [1.165, 1.54) is 6.07 Å². The molecule has 0 saturated heterocycles. The Morgan fingerprint density at radius 2 is 1.67 bits per heavy atom. The molecule has 0 spiro atoms. The molecular weight excluding hydrogens is 328 g/mol. The SMILES string of the molecule is O=C(COC(=O)c1ccc2ccccc2c1O)c1ccc(Cl)cc1. The van der Waals surface area contributed by atoms with Gasteiger partial charge in [-0.1, -0.05) is 41.9 Å². The van der Waals surface area contributed by atoms with Crippen molar-refractivity contribution in [1.29, 1.82) is 0 Å². The molecular formula is C19H13ClO4. The summed E-state index contributed by atoms with van der Waals surface area (Å²) in [5, 5.41) is 12.1. The highest BCUT2D eigenvalue weighted by Gasteiger charge is 2.17. The second-order valence-electron chi connectivity index (χ2n) is 5.19. The molecule has 0 saturated carbocycles. The lowest BCUT2D eigenvalue weighted by atomic mass is 10.1. The molecule has 0 aliphatic carbocycles. The normalized spacial score (nSPS) is 10.5. The van der Waals surface area contributed by atoms with Crippen LogP contribution < -0.4 is 0 Å². The Kier molecular flexibility index (Phi) is 4.49. The summed E-state index contributed by atoms with van der Waals surface area (Å²) < 4.78 is 5.02. The van der Waals surface area contributed by atoms with E-state index < -0.39 is 12.6 Å². The minimum atomic E-state index is -0.749. The van der Waals surface area contributed by atoms with E-state index >= 15 is 0 Å². The first-order chi connectivity index (χ1) is 11.6. The third-order valence-electron chi connectivity index (χ3n) is 3.62. The first-order valence-corrected chi connectivity index (χ1v) is 7.60. The number of hydrogen-bond donors (Lipinski definition) is 1. The van der Waals surface area contributed by atoms with Crippen LogP contribution in [0.5, 0.6) is 5.75 Å². The third kappa shape index (κ3) is 3.24. The number of phenolic OH excluding ortho intramolecular Hbond substituents is 1. The fraction of sp³-hybridized carbons (Fsp3) is 0.0526. The maximum absolute atomic E-state index is 12.1. The molecule has 0 heterocycles. The molecule has 24 heavy (non-hydrogen) atoms. The second kappa shape index (κ2) is 6.72. The average Bonchev–Trinajstić information content (AvgIpc) is 2.60. The van der Waals surface area contributed by atoms with Crippen molar-refractivity contribution in [3.8, 4) is 5.75 Å². The van der Waals surface area contributed by atoms with E-state index in [1.54, 1.807) is 42.5 Å². The molecule has 0 aliphatic rings. The molecule has 0 radical (unpaired) electrons. The Balaban J connectivity index is 1.74. The van der Waals surface area contributed by atoms with Crippen LogP contribution in [-0.4, -0.2) is 23.5 Å². The molecule has 1 N–H and O–H groups in total. The summed E-state index contributed by atoms with van der Waals surface area (Å²) in [7, 11) is 0. The number of esters is 1. The number of aromatic hydroxyl groups is 1. The topological polar surface area (TPSA) is 63.6 Å². The molecule has 3 rings (SSSR count). The van der Waals surface area contributed by atoms with Gasteiger partial charge in [-0.15, -0.1) is 0 Å². The first kappa shape index (κ1) is 16.0. The van der Waals surface area contributed by atoms with Gasteiger partial charge in [0.1, 0.15) is 11.3 Å². The van der Waals surface area contributed by atoms with Gasteiger partial charge in [0.25, 0.3) is 0 Å². The highest BCUT2D eigenvalue weighted by atomic mass is 35.5. The van der Waals surface area contributed by atoms with Crippen LogP contribution in [-0.2, 0) is 4.74 Å². The summed E-state index contributed by atoms with van der Waals surface area (Å²) in [4.78, 5) is 24.1. The van der Waals surface area contributed by atoms with Crippen LogP contribution >= 0.6 is 11.6 Å². The number of ketones is 1. The van der Waals surface area contributed by atoms with E-state index in [-0.39, 0.29) is 17.1 Å². The monoisotopic (exact) mass is 340 g/mol. The summed E-state index contributed by atoms with van der Waals surface area (Å²) >= 11 is 5.76. The number of ether oxygens (including phenoxy) is 1. The van der Waals surface area contributed by atoms with Crippen molar-refractivity contribution in [3.05, 3.63) is 76.8 Å². The fourth-order valence-electron chi connectivity index (χ4n) is 2.35. The molecule has 0 aliphatic heterocycles. The number of rotatable bonds is 4. The number of carbonyl (C=O) groups excluding carboxylic acids is 2. The number of benzene rings is 3.